The van der Waals surface area contributed by atoms with Crippen LogP contribution in [0.2, 0.25) is 0 Å². The lowest BCUT2D eigenvalue weighted by Crippen LogP contribution is -2.17. The quantitative estimate of drug-likeness (QED) is 0.892. The van der Waals surface area contributed by atoms with Crippen LogP contribution in [0.5, 0.6) is 0 Å². The van der Waals surface area contributed by atoms with Crippen molar-refractivity contribution in [2.24, 2.45) is 5.92 Å². The average Bonchev–Trinajstić information content (AvgIpc) is 2.76. The maximum Gasteiger partial charge on any atom is 0.226 e. The number of nitrogens with two attached hydrogens (primary N) is 1. The van der Waals surface area contributed by atoms with Gasteiger partial charge in [0.1, 0.15) is 0 Å². The number of nitrogens with zero attached hydrogens (tertiary/aromatic N) is 1. The zero-order valence-electron chi connectivity index (χ0n) is 10.3. The number of nitrogens with one attached hydrogen (secondary N) is 1. The van der Waals surface area contributed by atoms with Crippen LogP contribution in [0.4, 0.5) is 10.8 Å². The van der Waals surface area contributed by atoms with Crippen LogP contribution in [-0.2, 0) is 4.79 Å². The van der Waals surface area contributed by atoms with Crippen LogP contribution >= 0.6 is 11.3 Å². The summed E-state index contributed by atoms with van der Waals surface area (Å²) in [7, 11) is 0. The summed E-state index contributed by atoms with van der Waals surface area (Å²) in [5.74, 6) is -0.0338. The van der Waals surface area contributed by atoms with E-state index < -0.39 is 0 Å². The van der Waals surface area contributed by atoms with Crippen molar-refractivity contribution in [1.82, 2.24) is 4.98 Å². The molecule has 0 radical (unpaired) electrons. The molecule has 0 spiro atoms. The van der Waals surface area contributed by atoms with Crippen molar-refractivity contribution >= 4 is 28.1 Å². The maximum atomic E-state index is 11.6. The van der Waals surface area contributed by atoms with E-state index in [1.54, 1.807) is 0 Å². The van der Waals surface area contributed by atoms with E-state index in [0.29, 0.717) is 5.13 Å². The lowest BCUT2D eigenvalue weighted by molar-refractivity contribution is -0.118. The number of carbonyl (C=O) groups is 1. The van der Waals surface area contributed by atoms with Crippen molar-refractivity contribution in [3.63, 3.8) is 0 Å². The van der Waals surface area contributed by atoms with Gasteiger partial charge in [0.25, 0.3) is 0 Å². The summed E-state index contributed by atoms with van der Waals surface area (Å²) < 4.78 is 0. The minimum absolute atomic E-state index is 0.00458. The fourth-order valence-electron chi connectivity index (χ4n) is 1.46. The second-order valence-corrected chi connectivity index (χ2v) is 5.19. The van der Waals surface area contributed by atoms with Crippen molar-refractivity contribution < 1.29 is 4.79 Å². The molecule has 0 unspecified atom stereocenters. The molecule has 0 atom stereocenters. The van der Waals surface area contributed by atoms with E-state index in [-0.39, 0.29) is 11.8 Å². The van der Waals surface area contributed by atoms with Crippen LogP contribution in [0.15, 0.2) is 29.6 Å². The number of hydrogen-bond donors (Lipinski definition) is 2. The van der Waals surface area contributed by atoms with Gasteiger partial charge in [0.2, 0.25) is 5.91 Å². The third kappa shape index (κ3) is 2.87. The standard InChI is InChI=1S/C13H15N3OS/c1-8(2)12(17)15-10-5-3-4-9(6-10)11-7-18-13(14)16-11/h3-8H,1-2H3,(H2,14,16)(H,15,17). The number of benzene rings is 1. The Kier molecular flexibility index (Phi) is 3.62. The third-order valence-corrected chi connectivity index (χ3v) is 3.15. The second-order valence-electron chi connectivity index (χ2n) is 4.30. The highest BCUT2D eigenvalue weighted by Gasteiger charge is 2.08. The zero-order valence-corrected chi connectivity index (χ0v) is 11.1. The van der Waals surface area contributed by atoms with Crippen LogP contribution in [0.3, 0.4) is 0 Å². The van der Waals surface area contributed by atoms with E-state index >= 15 is 0 Å². The molecular weight excluding hydrogens is 246 g/mol. The van der Waals surface area contributed by atoms with Gasteiger partial charge >= 0.3 is 0 Å². The summed E-state index contributed by atoms with van der Waals surface area (Å²) in [6, 6.07) is 7.59. The predicted molar refractivity (Wildman–Crippen MR) is 75.4 cm³/mol. The molecule has 1 aromatic carbocycles. The summed E-state index contributed by atoms with van der Waals surface area (Å²) in [4.78, 5) is 15.8. The minimum atomic E-state index is -0.0384. The Bertz CT molecular complexity index is 563. The van der Waals surface area contributed by atoms with Gasteiger partial charge in [0, 0.05) is 22.5 Å². The Hall–Kier alpha value is -1.88. The Balaban J connectivity index is 2.23. The van der Waals surface area contributed by atoms with Crippen LogP contribution in [0.25, 0.3) is 11.3 Å². The van der Waals surface area contributed by atoms with Crippen LogP contribution in [0.1, 0.15) is 13.8 Å². The molecule has 0 saturated carbocycles. The Morgan fingerprint density at radius 3 is 2.83 bits per heavy atom. The summed E-state index contributed by atoms with van der Waals surface area (Å²) in [6.45, 7) is 3.72. The highest BCUT2D eigenvalue weighted by atomic mass is 32.1. The predicted octanol–water partition coefficient (Wildman–Crippen LogP) is 2.99. The number of carbonyl (C=O) groups excluding carboxylic acids is 1. The number of amides is 1. The monoisotopic (exact) mass is 261 g/mol. The van der Waals surface area contributed by atoms with Crippen LogP contribution < -0.4 is 11.1 Å². The fraction of sp³-hybridized carbons (Fsp3) is 0.231. The van der Waals surface area contributed by atoms with Crippen molar-refractivity contribution in [1.29, 1.82) is 0 Å². The largest absolute Gasteiger partial charge is 0.375 e. The Labute approximate surface area is 110 Å². The highest BCUT2D eigenvalue weighted by Crippen LogP contribution is 2.25. The molecule has 3 N–H and O–H groups in total. The van der Waals surface area contributed by atoms with Gasteiger partial charge in [-0.2, -0.15) is 0 Å². The molecule has 0 fully saturated rings. The lowest BCUT2D eigenvalue weighted by atomic mass is 10.1. The molecule has 94 valence electrons. The van der Waals surface area contributed by atoms with Gasteiger partial charge in [-0.15, -0.1) is 11.3 Å². The summed E-state index contributed by atoms with van der Waals surface area (Å²) >= 11 is 1.40. The Morgan fingerprint density at radius 1 is 1.44 bits per heavy atom. The molecule has 0 aliphatic carbocycles. The first-order valence-corrected chi connectivity index (χ1v) is 6.56. The van der Waals surface area contributed by atoms with E-state index in [1.807, 2.05) is 43.5 Å². The number of rotatable bonds is 3. The van der Waals surface area contributed by atoms with E-state index in [9.17, 15) is 4.79 Å². The van der Waals surface area contributed by atoms with E-state index in [4.69, 9.17) is 5.73 Å². The first-order valence-electron chi connectivity index (χ1n) is 5.68. The smallest absolute Gasteiger partial charge is 0.226 e. The molecule has 0 saturated heterocycles. The summed E-state index contributed by atoms with van der Waals surface area (Å²) in [6.07, 6.45) is 0. The molecule has 0 aliphatic heterocycles. The molecule has 5 heteroatoms. The summed E-state index contributed by atoms with van der Waals surface area (Å²) in [5, 5.41) is 5.31. The van der Waals surface area contributed by atoms with Crippen molar-refractivity contribution in [3.05, 3.63) is 29.6 Å². The van der Waals surface area contributed by atoms with E-state index in [2.05, 4.69) is 10.3 Å². The molecular formula is C13H15N3OS. The number of thiazole rings is 1. The van der Waals surface area contributed by atoms with Gasteiger partial charge in [0.05, 0.1) is 5.69 Å². The topological polar surface area (TPSA) is 68.0 Å². The third-order valence-electron chi connectivity index (χ3n) is 2.47. The van der Waals surface area contributed by atoms with Crippen LogP contribution in [-0.4, -0.2) is 10.9 Å². The molecule has 1 heterocycles. The molecule has 4 nitrogen and oxygen atoms in total. The molecule has 1 amide bonds. The molecule has 2 rings (SSSR count). The van der Waals surface area contributed by atoms with E-state index in [1.165, 1.54) is 11.3 Å². The average molecular weight is 261 g/mol. The normalized spacial score (nSPS) is 10.6. The molecule has 2 aromatic rings. The van der Waals surface area contributed by atoms with Crippen LogP contribution in [0, 0.1) is 5.92 Å². The van der Waals surface area contributed by atoms with Gasteiger partial charge < -0.3 is 11.1 Å². The number of anilines is 2. The minimum Gasteiger partial charge on any atom is -0.375 e. The molecule has 0 aliphatic rings. The van der Waals surface area contributed by atoms with Gasteiger partial charge in [-0.25, -0.2) is 4.98 Å². The van der Waals surface area contributed by atoms with Crippen molar-refractivity contribution in [2.75, 3.05) is 11.1 Å². The van der Waals surface area contributed by atoms with E-state index in [0.717, 1.165) is 16.9 Å². The van der Waals surface area contributed by atoms with Crippen molar-refractivity contribution in [3.8, 4) is 11.3 Å². The maximum absolute atomic E-state index is 11.6. The zero-order chi connectivity index (χ0) is 13.1. The first-order chi connectivity index (χ1) is 8.56. The van der Waals surface area contributed by atoms with Crippen molar-refractivity contribution in [2.45, 2.75) is 13.8 Å². The first kappa shape index (κ1) is 12.6. The fourth-order valence-corrected chi connectivity index (χ4v) is 2.04. The molecule has 18 heavy (non-hydrogen) atoms. The lowest BCUT2D eigenvalue weighted by Gasteiger charge is -2.08. The number of hydrogen-bond acceptors (Lipinski definition) is 4. The number of nitrogen functional groups attached to an aromatic ring is 1. The highest BCUT2D eigenvalue weighted by molar-refractivity contribution is 7.13. The second kappa shape index (κ2) is 5.18. The van der Waals surface area contributed by atoms with Gasteiger partial charge in [0.15, 0.2) is 5.13 Å². The SMILES string of the molecule is CC(C)C(=O)Nc1cccc(-c2csc(N)n2)c1. The number of aromatic nitrogens is 1. The van der Waals surface area contributed by atoms with Gasteiger partial charge in [-0.05, 0) is 12.1 Å². The summed E-state index contributed by atoms with van der Waals surface area (Å²) in [5.41, 5.74) is 8.17. The molecule has 0 bridgehead atoms. The molecule has 1 aromatic heterocycles. The Morgan fingerprint density at radius 2 is 2.22 bits per heavy atom. The van der Waals surface area contributed by atoms with Gasteiger partial charge in [-0.1, -0.05) is 26.0 Å². The van der Waals surface area contributed by atoms with Gasteiger partial charge in [-0.3, -0.25) is 4.79 Å².